The third-order valence-corrected chi connectivity index (χ3v) is 8.02. The Bertz CT molecular complexity index is 803. The van der Waals surface area contributed by atoms with Gasteiger partial charge in [0.15, 0.2) is 0 Å². The summed E-state index contributed by atoms with van der Waals surface area (Å²) in [5, 5.41) is 1.51. The van der Waals surface area contributed by atoms with E-state index in [-0.39, 0.29) is 29.7 Å². The summed E-state index contributed by atoms with van der Waals surface area (Å²) in [7, 11) is -1.24. The van der Waals surface area contributed by atoms with Gasteiger partial charge in [-0.1, -0.05) is 76.8 Å². The van der Waals surface area contributed by atoms with Crippen LogP contribution in [0.3, 0.4) is 0 Å². The average molecular weight is 415 g/mol. The smallest absolute Gasteiger partial charge is 0.382 e. The molecule has 30 heavy (non-hydrogen) atoms. The van der Waals surface area contributed by atoms with Crippen molar-refractivity contribution in [2.24, 2.45) is 0 Å². The molecule has 0 saturated heterocycles. The van der Waals surface area contributed by atoms with Gasteiger partial charge in [-0.15, -0.1) is 17.7 Å². The summed E-state index contributed by atoms with van der Waals surface area (Å²) in [5.74, 6) is 0. The maximum absolute atomic E-state index is 4.83. The Hall–Kier alpha value is -1.05. The maximum Gasteiger partial charge on any atom is 1.00 e. The fourth-order valence-electron chi connectivity index (χ4n) is 4.34. The first-order valence-corrected chi connectivity index (χ1v) is 14.4. The summed E-state index contributed by atoms with van der Waals surface area (Å²) in [6.07, 6.45) is 3.78. The largest absolute Gasteiger partial charge is 1.00 e. The van der Waals surface area contributed by atoms with Gasteiger partial charge in [-0.3, -0.25) is 0 Å². The van der Waals surface area contributed by atoms with E-state index in [1.165, 1.54) is 27.5 Å². The molecule has 0 heterocycles. The van der Waals surface area contributed by atoms with Crippen LogP contribution in [0.25, 0.3) is 0 Å². The molecule has 0 amide bonds. The molecule has 2 aromatic rings. The second-order valence-corrected chi connectivity index (χ2v) is 15.0. The van der Waals surface area contributed by atoms with Crippen LogP contribution in [0.1, 0.15) is 58.2 Å². The summed E-state index contributed by atoms with van der Waals surface area (Å²) < 4.78 is 4.83. The fraction of sp³-hybridized carbons (Fsp3) is 0.481. The molecule has 3 heteroatoms. The van der Waals surface area contributed by atoms with Gasteiger partial charge in [0, 0.05) is 24.0 Å². The molecule has 0 N–H and O–H groups in total. The van der Waals surface area contributed by atoms with E-state index in [2.05, 4.69) is 102 Å². The van der Waals surface area contributed by atoms with Crippen molar-refractivity contribution in [2.45, 2.75) is 72.0 Å². The normalized spacial score (nSPS) is 16.1. The molecule has 3 rings (SSSR count). The number of hydrogen-bond acceptors (Lipinski definition) is 1. The molecule has 0 saturated carbocycles. The minimum Gasteiger partial charge on any atom is -0.382 e. The number of allylic oxidation sites excluding steroid dienone is 1. The second-order valence-electron chi connectivity index (χ2n) is 9.90. The van der Waals surface area contributed by atoms with E-state index in [1.54, 1.807) is 0 Å². The van der Waals surface area contributed by atoms with E-state index in [1.807, 2.05) is 13.8 Å². The van der Waals surface area contributed by atoms with Crippen molar-refractivity contribution >= 4 is 13.3 Å². The van der Waals surface area contributed by atoms with E-state index < -0.39 is 8.07 Å². The van der Waals surface area contributed by atoms with E-state index in [0.717, 1.165) is 13.2 Å². The zero-order valence-corrected chi connectivity index (χ0v) is 21.9. The molecule has 0 fully saturated rings. The van der Waals surface area contributed by atoms with Crippen LogP contribution in [0.5, 0.6) is 0 Å². The van der Waals surface area contributed by atoms with Gasteiger partial charge in [-0.25, -0.2) is 0 Å². The summed E-state index contributed by atoms with van der Waals surface area (Å²) in [4.78, 5) is 0. The van der Waals surface area contributed by atoms with Crippen molar-refractivity contribution in [3.05, 3.63) is 76.9 Å². The Balaban J connectivity index is 0.000000674. The molecular formula is C27H39LiOSi. The molecule has 1 aliphatic rings. The molecular weight excluding hydrogens is 375 g/mol. The zero-order valence-electron chi connectivity index (χ0n) is 20.9. The van der Waals surface area contributed by atoms with Gasteiger partial charge < -0.3 is 4.74 Å². The third-order valence-electron chi connectivity index (χ3n) is 5.95. The summed E-state index contributed by atoms with van der Waals surface area (Å²) >= 11 is 0. The molecule has 0 radical (unpaired) electrons. The second kappa shape index (κ2) is 10.5. The van der Waals surface area contributed by atoms with E-state index >= 15 is 0 Å². The van der Waals surface area contributed by atoms with Crippen molar-refractivity contribution < 1.29 is 23.6 Å². The van der Waals surface area contributed by atoms with Crippen LogP contribution in [-0.4, -0.2) is 21.3 Å². The summed E-state index contributed by atoms with van der Waals surface area (Å²) in [6, 6.07) is 18.0. The molecule has 0 bridgehead atoms. The molecule has 2 aromatic carbocycles. The van der Waals surface area contributed by atoms with Crippen molar-refractivity contribution in [1.29, 1.82) is 0 Å². The monoisotopic (exact) mass is 414 g/mol. The molecule has 0 atom stereocenters. The van der Waals surface area contributed by atoms with Crippen molar-refractivity contribution in [3.8, 4) is 0 Å². The average Bonchev–Trinajstić information content (AvgIpc) is 2.81. The number of hydrogen-bond donors (Lipinski definition) is 0. The quantitative estimate of drug-likeness (QED) is 0.548. The molecule has 1 aliphatic carbocycles. The molecule has 0 spiro atoms. The Labute approximate surface area is 198 Å². The van der Waals surface area contributed by atoms with Gasteiger partial charge in [0.1, 0.15) is 0 Å². The van der Waals surface area contributed by atoms with Crippen LogP contribution in [0.2, 0.25) is 19.6 Å². The minimum absolute atomic E-state index is 0. The van der Waals surface area contributed by atoms with Crippen molar-refractivity contribution in [2.75, 3.05) is 13.2 Å². The van der Waals surface area contributed by atoms with Crippen LogP contribution >= 0.6 is 0 Å². The molecule has 0 aromatic heterocycles. The van der Waals surface area contributed by atoms with Crippen LogP contribution in [0, 0.1) is 6.08 Å². The van der Waals surface area contributed by atoms with Gasteiger partial charge in [0.2, 0.25) is 0 Å². The van der Waals surface area contributed by atoms with Gasteiger partial charge in [0.05, 0.1) is 8.07 Å². The Kier molecular flexibility index (Phi) is 9.46. The first kappa shape index (κ1) is 27.0. The summed E-state index contributed by atoms with van der Waals surface area (Å²) in [6.45, 7) is 22.2. The molecule has 1 nitrogen and oxygen atoms in total. The van der Waals surface area contributed by atoms with E-state index in [0.29, 0.717) is 0 Å². The first-order valence-electron chi connectivity index (χ1n) is 10.9. The summed E-state index contributed by atoms with van der Waals surface area (Å²) in [5.41, 5.74) is 5.51. The standard InChI is InChI=1S/C23H29Si.C4H10O.Li/c1-22(2)19-10-8-9-11-20(19)23(3,4)21(22)16-17-12-14-18(15-13-17)24(5,6)7;1-3-5-4-2;/h8-15H,1-7H3;3-4H2,1-2H3;/q-1;;+1. The SMILES string of the molecule is CC1(C)C(=[C-]c2ccc([Si](C)(C)C)cc2)C(C)(C)c2ccccc21.CCOCC.[Li+]. The van der Waals surface area contributed by atoms with Gasteiger partial charge in [0.25, 0.3) is 0 Å². The van der Waals surface area contributed by atoms with Crippen LogP contribution in [0.4, 0.5) is 0 Å². The van der Waals surface area contributed by atoms with Crippen LogP contribution in [-0.2, 0) is 15.6 Å². The fourth-order valence-corrected chi connectivity index (χ4v) is 5.50. The van der Waals surface area contributed by atoms with E-state index in [4.69, 9.17) is 4.74 Å². The van der Waals surface area contributed by atoms with Crippen molar-refractivity contribution in [3.63, 3.8) is 0 Å². The predicted molar refractivity (Wildman–Crippen MR) is 130 cm³/mol. The Morgan fingerprint density at radius 1 is 0.767 bits per heavy atom. The molecule has 0 aliphatic heterocycles. The number of ether oxygens (including phenoxy) is 1. The number of fused-ring (bicyclic) bond motifs is 1. The minimum atomic E-state index is -1.24. The van der Waals surface area contributed by atoms with Crippen molar-refractivity contribution in [1.82, 2.24) is 0 Å². The predicted octanol–water partition coefficient (Wildman–Crippen LogP) is 3.63. The van der Waals surface area contributed by atoms with Crippen LogP contribution < -0.4 is 24.0 Å². The van der Waals surface area contributed by atoms with E-state index in [9.17, 15) is 0 Å². The third kappa shape index (κ3) is 5.80. The Morgan fingerprint density at radius 3 is 1.53 bits per heavy atom. The number of rotatable bonds is 4. The van der Waals surface area contributed by atoms with Crippen LogP contribution in [0.15, 0.2) is 54.1 Å². The first-order chi connectivity index (χ1) is 13.5. The Morgan fingerprint density at radius 2 is 1.20 bits per heavy atom. The number of benzene rings is 2. The van der Waals surface area contributed by atoms with Gasteiger partial charge in [-0.05, 0) is 25.0 Å². The maximum atomic E-state index is 4.83. The zero-order chi connectivity index (χ0) is 21.9. The molecule has 0 unspecified atom stereocenters. The van der Waals surface area contributed by atoms with Gasteiger partial charge in [-0.2, -0.15) is 23.8 Å². The topological polar surface area (TPSA) is 9.23 Å². The molecule has 158 valence electrons. The van der Waals surface area contributed by atoms with Gasteiger partial charge >= 0.3 is 18.9 Å².